The molecule has 1 heterocycles. The Morgan fingerprint density at radius 2 is 1.79 bits per heavy atom. The summed E-state index contributed by atoms with van der Waals surface area (Å²) >= 11 is 0. The summed E-state index contributed by atoms with van der Waals surface area (Å²) < 4.78 is 10.9. The van der Waals surface area contributed by atoms with Gasteiger partial charge in [0.15, 0.2) is 6.10 Å². The zero-order valence-corrected chi connectivity index (χ0v) is 15.5. The summed E-state index contributed by atoms with van der Waals surface area (Å²) in [6, 6.07) is 14.3. The second kappa shape index (κ2) is 8.87. The van der Waals surface area contributed by atoms with Crippen LogP contribution in [0.4, 0.5) is 10.5 Å². The highest BCUT2D eigenvalue weighted by atomic mass is 16.6. The molecule has 9 heteroatoms. The van der Waals surface area contributed by atoms with Crippen molar-refractivity contribution in [3.63, 3.8) is 0 Å². The highest BCUT2D eigenvalue weighted by Gasteiger charge is 2.33. The number of hydrogen-bond acceptors (Lipinski definition) is 6. The first kappa shape index (κ1) is 19.9. The molecule has 0 unspecified atom stereocenters. The molecule has 0 aromatic heterocycles. The molecule has 1 aliphatic heterocycles. The first-order valence-corrected chi connectivity index (χ1v) is 8.81. The summed E-state index contributed by atoms with van der Waals surface area (Å²) in [5.74, 6) is -1.71. The zero-order chi connectivity index (χ0) is 20.8. The van der Waals surface area contributed by atoms with Gasteiger partial charge in [0, 0.05) is 12.6 Å². The number of carbonyl (C=O) groups is 4. The third-order valence-corrected chi connectivity index (χ3v) is 4.11. The molecule has 150 valence electrons. The van der Waals surface area contributed by atoms with Crippen LogP contribution in [0.2, 0.25) is 0 Å². The average Bonchev–Trinajstić information content (AvgIpc) is 2.73. The highest BCUT2D eigenvalue weighted by Crippen LogP contribution is 2.30. The standard InChI is InChI=1S/C20H19N3O6/c1-21-20(27)23-19(26)17(12-7-3-2-4-8-12)29-16(24)11-15-18(25)22-13-9-5-6-10-14(13)28-15/h2-10,15,17H,11H2,1H3,(H,22,25)(H2,21,23,26,27)/t15-,17-/m0/s1. The molecule has 2 atom stereocenters. The van der Waals surface area contributed by atoms with E-state index in [0.717, 1.165) is 0 Å². The van der Waals surface area contributed by atoms with Gasteiger partial charge in [-0.3, -0.25) is 19.7 Å². The molecule has 0 bridgehead atoms. The lowest BCUT2D eigenvalue weighted by Crippen LogP contribution is -2.42. The summed E-state index contributed by atoms with van der Waals surface area (Å²) in [6.07, 6.45) is -2.87. The molecule has 2 aromatic rings. The van der Waals surface area contributed by atoms with E-state index >= 15 is 0 Å². The second-order valence-electron chi connectivity index (χ2n) is 6.14. The first-order valence-electron chi connectivity index (χ1n) is 8.81. The SMILES string of the molecule is CNC(=O)NC(=O)[C@@H](OC(=O)C[C@@H]1Oc2ccccc2NC1=O)c1ccccc1. The molecular weight excluding hydrogens is 378 g/mol. The van der Waals surface area contributed by atoms with Gasteiger partial charge in [0.25, 0.3) is 11.8 Å². The molecule has 29 heavy (non-hydrogen) atoms. The first-order chi connectivity index (χ1) is 14.0. The third kappa shape index (κ3) is 4.89. The van der Waals surface area contributed by atoms with Crippen molar-refractivity contribution >= 4 is 29.5 Å². The van der Waals surface area contributed by atoms with Gasteiger partial charge in [0.05, 0.1) is 12.1 Å². The van der Waals surface area contributed by atoms with Crippen molar-refractivity contribution in [2.45, 2.75) is 18.6 Å². The van der Waals surface area contributed by atoms with Gasteiger partial charge >= 0.3 is 12.0 Å². The van der Waals surface area contributed by atoms with Crippen LogP contribution in [0.1, 0.15) is 18.1 Å². The van der Waals surface area contributed by atoms with E-state index in [1.807, 2.05) is 0 Å². The van der Waals surface area contributed by atoms with Crippen LogP contribution in [0.25, 0.3) is 0 Å². The van der Waals surface area contributed by atoms with Gasteiger partial charge in [0.2, 0.25) is 6.10 Å². The van der Waals surface area contributed by atoms with Gasteiger partial charge in [-0.2, -0.15) is 0 Å². The predicted octanol–water partition coefficient (Wildman–Crippen LogP) is 1.52. The van der Waals surface area contributed by atoms with Crippen LogP contribution in [-0.4, -0.2) is 37.0 Å². The van der Waals surface area contributed by atoms with Crippen LogP contribution in [-0.2, 0) is 19.1 Å². The van der Waals surface area contributed by atoms with Gasteiger partial charge in [-0.05, 0) is 12.1 Å². The fraction of sp³-hybridized carbons (Fsp3) is 0.200. The minimum absolute atomic E-state index is 0.376. The molecule has 0 spiro atoms. The molecule has 1 aliphatic rings. The second-order valence-corrected chi connectivity index (χ2v) is 6.14. The van der Waals surface area contributed by atoms with Crippen LogP contribution < -0.4 is 20.7 Å². The minimum atomic E-state index is -1.36. The smallest absolute Gasteiger partial charge is 0.321 e. The van der Waals surface area contributed by atoms with Crippen molar-refractivity contribution in [2.24, 2.45) is 0 Å². The number of esters is 1. The normalized spacial score (nSPS) is 15.8. The van der Waals surface area contributed by atoms with Crippen LogP contribution in [0.3, 0.4) is 0 Å². The monoisotopic (exact) mass is 397 g/mol. The van der Waals surface area contributed by atoms with E-state index in [1.54, 1.807) is 54.6 Å². The number of carbonyl (C=O) groups excluding carboxylic acids is 4. The molecule has 0 saturated heterocycles. The predicted molar refractivity (Wildman–Crippen MR) is 102 cm³/mol. The fourth-order valence-corrected chi connectivity index (χ4v) is 2.70. The van der Waals surface area contributed by atoms with E-state index in [-0.39, 0.29) is 0 Å². The summed E-state index contributed by atoms with van der Waals surface area (Å²) in [4.78, 5) is 48.5. The van der Waals surface area contributed by atoms with E-state index < -0.39 is 42.4 Å². The highest BCUT2D eigenvalue weighted by molar-refractivity contribution is 6.00. The maximum Gasteiger partial charge on any atom is 0.321 e. The number of imide groups is 1. The summed E-state index contributed by atoms with van der Waals surface area (Å²) in [6.45, 7) is 0. The number of rotatable bonds is 5. The van der Waals surface area contributed by atoms with Crippen LogP contribution in [0.15, 0.2) is 54.6 Å². The quantitative estimate of drug-likeness (QED) is 0.658. The van der Waals surface area contributed by atoms with E-state index in [4.69, 9.17) is 9.47 Å². The summed E-state index contributed by atoms with van der Waals surface area (Å²) in [7, 11) is 1.35. The lowest BCUT2D eigenvalue weighted by Gasteiger charge is -2.25. The van der Waals surface area contributed by atoms with E-state index in [0.29, 0.717) is 17.0 Å². The molecule has 3 rings (SSSR count). The van der Waals surface area contributed by atoms with Crippen molar-refractivity contribution in [2.75, 3.05) is 12.4 Å². The largest absolute Gasteiger partial charge is 0.478 e. The van der Waals surface area contributed by atoms with Crippen molar-refractivity contribution in [1.82, 2.24) is 10.6 Å². The molecule has 9 nitrogen and oxygen atoms in total. The number of nitrogens with one attached hydrogen (secondary N) is 3. The van der Waals surface area contributed by atoms with E-state index in [1.165, 1.54) is 7.05 Å². The average molecular weight is 397 g/mol. The van der Waals surface area contributed by atoms with Crippen LogP contribution in [0.5, 0.6) is 5.75 Å². The Morgan fingerprint density at radius 1 is 1.10 bits per heavy atom. The maximum absolute atomic E-state index is 12.4. The number of hydrogen-bond donors (Lipinski definition) is 3. The molecule has 0 radical (unpaired) electrons. The number of fused-ring (bicyclic) bond motifs is 1. The van der Waals surface area contributed by atoms with Gasteiger partial charge in [0.1, 0.15) is 5.75 Å². The lowest BCUT2D eigenvalue weighted by molar-refractivity contribution is -0.158. The Bertz CT molecular complexity index is 931. The van der Waals surface area contributed by atoms with Crippen molar-refractivity contribution in [3.05, 3.63) is 60.2 Å². The Kier molecular flexibility index (Phi) is 6.08. The Morgan fingerprint density at radius 3 is 2.52 bits per heavy atom. The van der Waals surface area contributed by atoms with Gasteiger partial charge in [-0.1, -0.05) is 42.5 Å². The van der Waals surface area contributed by atoms with Crippen LogP contribution >= 0.6 is 0 Å². The summed E-state index contributed by atoms with van der Waals surface area (Å²) in [5.41, 5.74) is 0.885. The molecule has 0 saturated carbocycles. The molecular formula is C20H19N3O6. The van der Waals surface area contributed by atoms with Gasteiger partial charge < -0.3 is 20.1 Å². The fourth-order valence-electron chi connectivity index (χ4n) is 2.70. The maximum atomic E-state index is 12.4. The molecule has 0 fully saturated rings. The van der Waals surface area contributed by atoms with Gasteiger partial charge in [-0.25, -0.2) is 4.79 Å². The third-order valence-electron chi connectivity index (χ3n) is 4.11. The Labute approximate surface area is 166 Å². The molecule has 2 aromatic carbocycles. The number of anilines is 1. The minimum Gasteiger partial charge on any atom is -0.478 e. The van der Waals surface area contributed by atoms with Crippen molar-refractivity contribution in [1.29, 1.82) is 0 Å². The molecule has 3 N–H and O–H groups in total. The number of benzene rings is 2. The Balaban J connectivity index is 1.71. The van der Waals surface area contributed by atoms with Crippen molar-refractivity contribution < 1.29 is 28.7 Å². The summed E-state index contributed by atoms with van der Waals surface area (Å²) in [5, 5.41) is 6.99. The van der Waals surface area contributed by atoms with Gasteiger partial charge in [-0.15, -0.1) is 0 Å². The van der Waals surface area contributed by atoms with Crippen molar-refractivity contribution in [3.8, 4) is 5.75 Å². The molecule has 0 aliphatic carbocycles. The zero-order valence-electron chi connectivity index (χ0n) is 15.5. The van der Waals surface area contributed by atoms with E-state index in [9.17, 15) is 19.2 Å². The van der Waals surface area contributed by atoms with Crippen LogP contribution in [0, 0.1) is 0 Å². The number of para-hydroxylation sites is 2. The number of ether oxygens (including phenoxy) is 2. The lowest BCUT2D eigenvalue weighted by atomic mass is 10.1. The topological polar surface area (TPSA) is 123 Å². The number of amides is 4. The number of urea groups is 1. The molecule has 4 amide bonds. The Hall–Kier alpha value is -3.88. The van der Waals surface area contributed by atoms with E-state index in [2.05, 4.69) is 16.0 Å².